The molecule has 0 atom stereocenters. The van der Waals surface area contributed by atoms with Crippen molar-refractivity contribution in [3.8, 4) is 22.7 Å². The molecule has 0 fully saturated rings. The molecule has 5 nitrogen and oxygen atoms in total. The number of rotatable bonds is 9. The molecule has 0 saturated carbocycles. The predicted molar refractivity (Wildman–Crippen MR) is 144 cm³/mol. The molecule has 4 aromatic rings. The molecule has 0 radical (unpaired) electrons. The second-order valence-electron chi connectivity index (χ2n) is 8.98. The summed E-state index contributed by atoms with van der Waals surface area (Å²) in [5, 5.41) is 7.93. The molecular formula is C29H30BrN3O2. The summed E-state index contributed by atoms with van der Waals surface area (Å²) in [4.78, 5) is 12.7. The number of carbonyl (C=O) groups is 1. The Morgan fingerprint density at radius 2 is 1.80 bits per heavy atom. The van der Waals surface area contributed by atoms with Gasteiger partial charge in [0.25, 0.3) is 5.91 Å². The molecule has 4 rings (SSSR count). The van der Waals surface area contributed by atoms with Crippen molar-refractivity contribution in [1.82, 2.24) is 15.1 Å². The van der Waals surface area contributed by atoms with E-state index in [0.29, 0.717) is 24.6 Å². The molecule has 0 aliphatic rings. The fourth-order valence-corrected chi connectivity index (χ4v) is 4.00. The van der Waals surface area contributed by atoms with E-state index in [1.807, 2.05) is 65.5 Å². The molecule has 180 valence electrons. The summed E-state index contributed by atoms with van der Waals surface area (Å²) in [6, 6.07) is 23.4. The highest BCUT2D eigenvalue weighted by atomic mass is 79.9. The second kappa shape index (κ2) is 11.4. The Morgan fingerprint density at radius 1 is 1.06 bits per heavy atom. The van der Waals surface area contributed by atoms with Crippen LogP contribution in [0.1, 0.15) is 41.8 Å². The summed E-state index contributed by atoms with van der Waals surface area (Å²) < 4.78 is 8.79. The van der Waals surface area contributed by atoms with Crippen LogP contribution >= 0.6 is 15.9 Å². The van der Waals surface area contributed by atoms with Crippen molar-refractivity contribution in [2.75, 3.05) is 6.61 Å². The fourth-order valence-electron chi connectivity index (χ4n) is 3.74. The molecule has 0 unspecified atom stereocenters. The lowest BCUT2D eigenvalue weighted by molar-refractivity contribution is 0.0951. The molecule has 0 aliphatic carbocycles. The summed E-state index contributed by atoms with van der Waals surface area (Å²) in [5.74, 6) is 1.37. The number of hydrogen-bond donors (Lipinski definition) is 1. The first kappa shape index (κ1) is 24.7. The molecule has 1 N–H and O–H groups in total. The SMILES string of the molecule is Cc1cc(-c2nn(-c3ccccc3)cc2CNC(=O)c2ccc(Br)cc2)ccc1OCCC(C)C. The van der Waals surface area contributed by atoms with E-state index in [9.17, 15) is 4.79 Å². The number of para-hydroxylation sites is 1. The zero-order valence-corrected chi connectivity index (χ0v) is 21.9. The van der Waals surface area contributed by atoms with Crippen molar-refractivity contribution in [1.29, 1.82) is 0 Å². The lowest BCUT2D eigenvalue weighted by atomic mass is 10.0. The zero-order valence-electron chi connectivity index (χ0n) is 20.3. The second-order valence-corrected chi connectivity index (χ2v) is 9.90. The van der Waals surface area contributed by atoms with E-state index in [1.165, 1.54) is 0 Å². The number of benzene rings is 3. The maximum absolute atomic E-state index is 12.7. The van der Waals surface area contributed by atoms with Gasteiger partial charge in [-0.05, 0) is 79.4 Å². The van der Waals surface area contributed by atoms with Crippen LogP contribution in [0.15, 0.2) is 83.5 Å². The lowest BCUT2D eigenvalue weighted by Crippen LogP contribution is -2.22. The molecule has 0 aliphatic heterocycles. The Labute approximate surface area is 215 Å². The molecule has 35 heavy (non-hydrogen) atoms. The summed E-state index contributed by atoms with van der Waals surface area (Å²) >= 11 is 3.41. The van der Waals surface area contributed by atoms with Crippen molar-refractivity contribution >= 4 is 21.8 Å². The average Bonchev–Trinajstić information content (AvgIpc) is 3.28. The molecule has 3 aromatic carbocycles. The van der Waals surface area contributed by atoms with Crippen molar-refractivity contribution in [3.63, 3.8) is 0 Å². The molecule has 1 heterocycles. The van der Waals surface area contributed by atoms with Gasteiger partial charge in [-0.3, -0.25) is 4.79 Å². The van der Waals surface area contributed by atoms with E-state index in [4.69, 9.17) is 9.84 Å². The van der Waals surface area contributed by atoms with E-state index in [2.05, 4.69) is 48.1 Å². The number of halogens is 1. The van der Waals surface area contributed by atoms with Gasteiger partial charge < -0.3 is 10.1 Å². The van der Waals surface area contributed by atoms with E-state index in [-0.39, 0.29) is 5.91 Å². The van der Waals surface area contributed by atoms with Crippen LogP contribution in [0, 0.1) is 12.8 Å². The van der Waals surface area contributed by atoms with Gasteiger partial charge in [-0.15, -0.1) is 0 Å². The summed E-state index contributed by atoms with van der Waals surface area (Å²) in [6.07, 6.45) is 3.00. The third-order valence-electron chi connectivity index (χ3n) is 5.76. The molecule has 0 saturated heterocycles. The first-order chi connectivity index (χ1) is 16.9. The molecule has 0 bridgehead atoms. The van der Waals surface area contributed by atoms with Crippen LogP contribution in [0.25, 0.3) is 16.9 Å². The van der Waals surface area contributed by atoms with Crippen molar-refractivity contribution in [2.45, 2.75) is 33.7 Å². The zero-order chi connectivity index (χ0) is 24.8. The lowest BCUT2D eigenvalue weighted by Gasteiger charge is -2.12. The number of ether oxygens (including phenoxy) is 1. The van der Waals surface area contributed by atoms with Crippen LogP contribution in [-0.2, 0) is 6.54 Å². The van der Waals surface area contributed by atoms with Gasteiger partial charge in [0.15, 0.2) is 0 Å². The average molecular weight is 532 g/mol. The van der Waals surface area contributed by atoms with Crippen LogP contribution in [-0.4, -0.2) is 22.3 Å². The fraction of sp³-hybridized carbons (Fsp3) is 0.241. The van der Waals surface area contributed by atoms with Crippen molar-refractivity contribution in [2.24, 2.45) is 5.92 Å². The van der Waals surface area contributed by atoms with Gasteiger partial charge in [0.05, 0.1) is 18.0 Å². The minimum Gasteiger partial charge on any atom is -0.493 e. The number of carbonyl (C=O) groups excluding carboxylic acids is 1. The minimum absolute atomic E-state index is 0.124. The number of nitrogens with one attached hydrogen (secondary N) is 1. The molecular weight excluding hydrogens is 502 g/mol. The van der Waals surface area contributed by atoms with Gasteiger partial charge >= 0.3 is 0 Å². The van der Waals surface area contributed by atoms with Gasteiger partial charge in [0, 0.05) is 33.9 Å². The maximum Gasteiger partial charge on any atom is 0.251 e. The number of hydrogen-bond acceptors (Lipinski definition) is 3. The smallest absolute Gasteiger partial charge is 0.251 e. The summed E-state index contributed by atoms with van der Waals surface area (Å²) in [5.41, 5.74) is 5.40. The molecule has 1 aromatic heterocycles. The van der Waals surface area contributed by atoms with Gasteiger partial charge in [-0.2, -0.15) is 5.10 Å². The Hall–Kier alpha value is -3.38. The largest absolute Gasteiger partial charge is 0.493 e. The van der Waals surface area contributed by atoms with Gasteiger partial charge in [0.2, 0.25) is 0 Å². The summed E-state index contributed by atoms with van der Waals surface area (Å²) in [6.45, 7) is 7.51. The Kier molecular flexibility index (Phi) is 8.03. The van der Waals surface area contributed by atoms with Crippen molar-refractivity contribution in [3.05, 3.63) is 100 Å². The van der Waals surface area contributed by atoms with E-state index >= 15 is 0 Å². The standard InChI is InChI=1S/C29H30BrN3O2/c1-20(2)15-16-35-27-14-11-23(17-21(27)3)28-24(19-33(32-28)26-7-5-4-6-8-26)18-31-29(34)22-9-12-25(30)13-10-22/h4-14,17,19-20H,15-16,18H2,1-3H3,(H,31,34). The van der Waals surface area contributed by atoms with Crippen molar-refractivity contribution < 1.29 is 9.53 Å². The van der Waals surface area contributed by atoms with Gasteiger partial charge in [-0.1, -0.05) is 48.0 Å². The molecule has 1 amide bonds. The Balaban J connectivity index is 1.60. The maximum atomic E-state index is 12.7. The number of aromatic nitrogens is 2. The highest BCUT2D eigenvalue weighted by Crippen LogP contribution is 2.29. The third kappa shape index (κ3) is 6.40. The third-order valence-corrected chi connectivity index (χ3v) is 6.29. The minimum atomic E-state index is -0.124. The Bertz CT molecular complexity index is 1280. The Morgan fingerprint density at radius 3 is 2.49 bits per heavy atom. The van der Waals surface area contributed by atoms with Crippen LogP contribution in [0.3, 0.4) is 0 Å². The van der Waals surface area contributed by atoms with Gasteiger partial charge in [-0.25, -0.2) is 4.68 Å². The van der Waals surface area contributed by atoms with E-state index in [0.717, 1.165) is 44.7 Å². The number of amides is 1. The first-order valence-corrected chi connectivity index (χ1v) is 12.6. The molecule has 0 spiro atoms. The first-order valence-electron chi connectivity index (χ1n) is 11.8. The normalized spacial score (nSPS) is 11.0. The van der Waals surface area contributed by atoms with Crippen LogP contribution in [0.5, 0.6) is 5.75 Å². The monoisotopic (exact) mass is 531 g/mol. The van der Waals surface area contributed by atoms with Crippen LogP contribution < -0.4 is 10.1 Å². The van der Waals surface area contributed by atoms with Crippen LogP contribution in [0.2, 0.25) is 0 Å². The van der Waals surface area contributed by atoms with Gasteiger partial charge in [0.1, 0.15) is 5.75 Å². The molecule has 6 heteroatoms. The number of aryl methyl sites for hydroxylation is 1. The number of nitrogens with zero attached hydrogens (tertiary/aromatic N) is 2. The highest BCUT2D eigenvalue weighted by Gasteiger charge is 2.15. The van der Waals surface area contributed by atoms with Crippen LogP contribution in [0.4, 0.5) is 0 Å². The van der Waals surface area contributed by atoms with E-state index < -0.39 is 0 Å². The quantitative estimate of drug-likeness (QED) is 0.254. The topological polar surface area (TPSA) is 56.2 Å². The predicted octanol–water partition coefficient (Wildman–Crippen LogP) is 6.97. The highest BCUT2D eigenvalue weighted by molar-refractivity contribution is 9.10. The summed E-state index contributed by atoms with van der Waals surface area (Å²) in [7, 11) is 0. The van der Waals surface area contributed by atoms with E-state index in [1.54, 1.807) is 12.1 Å².